The second-order valence-corrected chi connectivity index (χ2v) is 13.2. The van der Waals surface area contributed by atoms with Gasteiger partial charge in [-0.2, -0.15) is 5.26 Å². The molecule has 220 valence electrons. The lowest BCUT2D eigenvalue weighted by Crippen LogP contribution is -2.52. The molecule has 0 unspecified atom stereocenters. The smallest absolute Gasteiger partial charge is 0.225 e. The zero-order valence-electron chi connectivity index (χ0n) is 24.2. The number of ether oxygens (including phenoxy) is 1. The lowest BCUT2D eigenvalue weighted by Gasteiger charge is -2.41. The molecule has 9 heteroatoms. The Balaban J connectivity index is 1.30. The molecule has 2 aliphatic heterocycles. The molecule has 0 aliphatic carbocycles. The zero-order valence-corrected chi connectivity index (χ0v) is 25.0. The van der Waals surface area contributed by atoms with Crippen molar-refractivity contribution in [1.29, 1.82) is 5.26 Å². The molecule has 2 fully saturated rings. The summed E-state index contributed by atoms with van der Waals surface area (Å²) in [6.07, 6.45) is 3.17. The Morgan fingerprint density at radius 1 is 0.976 bits per heavy atom. The van der Waals surface area contributed by atoms with E-state index in [2.05, 4.69) is 29.6 Å². The van der Waals surface area contributed by atoms with Crippen LogP contribution in [0, 0.1) is 17.2 Å². The summed E-state index contributed by atoms with van der Waals surface area (Å²) >= 11 is 0. The van der Waals surface area contributed by atoms with Crippen LogP contribution in [0.4, 0.5) is 0 Å². The van der Waals surface area contributed by atoms with Crippen molar-refractivity contribution in [2.45, 2.75) is 37.8 Å². The van der Waals surface area contributed by atoms with Gasteiger partial charge in [0.25, 0.3) is 0 Å². The van der Waals surface area contributed by atoms with Crippen molar-refractivity contribution >= 4 is 15.9 Å². The SMILES string of the molecule is COc1ccc(-c2ccc(C#N)cc2)cc1CN[C@H]1CCN(C(=O)C2CCN(S(C)(=O)=O)CC2)C[C@H]1c1ccccc1. The van der Waals surface area contributed by atoms with Crippen LogP contribution in [0.15, 0.2) is 72.8 Å². The maximum Gasteiger partial charge on any atom is 0.225 e. The standard InChI is InChI=1S/C33H38N4O4S/c1-41-32-13-12-28(25-10-8-24(21-34)9-11-25)20-29(32)22-35-31-16-17-36(23-30(31)26-6-4-3-5-7-26)33(38)27-14-18-37(19-15-27)42(2,39)40/h3-13,20,27,30-31,35H,14-19,22-23H2,1-2H3/t30-,31-/m0/s1. The van der Waals surface area contributed by atoms with E-state index in [1.807, 2.05) is 59.5 Å². The zero-order chi connectivity index (χ0) is 29.7. The van der Waals surface area contributed by atoms with Gasteiger partial charge in [-0.25, -0.2) is 12.7 Å². The molecule has 0 bridgehead atoms. The van der Waals surface area contributed by atoms with Crippen molar-refractivity contribution in [1.82, 2.24) is 14.5 Å². The van der Waals surface area contributed by atoms with E-state index in [9.17, 15) is 13.2 Å². The second-order valence-electron chi connectivity index (χ2n) is 11.2. The van der Waals surface area contributed by atoms with Crippen LogP contribution in [0.5, 0.6) is 5.75 Å². The first-order valence-electron chi connectivity index (χ1n) is 14.5. The maximum absolute atomic E-state index is 13.6. The molecule has 0 saturated carbocycles. The number of piperidine rings is 2. The Bertz CT molecular complexity index is 1530. The number of nitriles is 1. The summed E-state index contributed by atoms with van der Waals surface area (Å²) in [5.74, 6) is 0.925. The molecule has 0 radical (unpaired) electrons. The van der Waals surface area contributed by atoms with Crippen LogP contribution >= 0.6 is 0 Å². The number of nitrogens with zero attached hydrogens (tertiary/aromatic N) is 3. The molecule has 1 N–H and O–H groups in total. The van der Waals surface area contributed by atoms with Crippen LogP contribution in [-0.2, 0) is 21.4 Å². The van der Waals surface area contributed by atoms with Gasteiger partial charge in [0.2, 0.25) is 15.9 Å². The minimum atomic E-state index is -3.23. The summed E-state index contributed by atoms with van der Waals surface area (Å²) in [5.41, 5.74) is 4.96. The molecule has 5 rings (SSSR count). The Kier molecular flexibility index (Phi) is 9.27. The molecule has 3 aromatic rings. The van der Waals surface area contributed by atoms with Gasteiger partial charge in [-0.1, -0.05) is 48.5 Å². The van der Waals surface area contributed by atoms with Gasteiger partial charge in [-0.15, -0.1) is 0 Å². The number of nitrogens with one attached hydrogen (secondary N) is 1. The molecule has 0 aromatic heterocycles. The van der Waals surface area contributed by atoms with E-state index in [0.717, 1.165) is 28.9 Å². The number of amides is 1. The predicted molar refractivity (Wildman–Crippen MR) is 163 cm³/mol. The third kappa shape index (κ3) is 6.84. The molecule has 1 amide bonds. The first-order valence-corrected chi connectivity index (χ1v) is 16.3. The summed E-state index contributed by atoms with van der Waals surface area (Å²) in [6, 6.07) is 26.4. The number of hydrogen-bond acceptors (Lipinski definition) is 6. The number of carbonyl (C=O) groups is 1. The van der Waals surface area contributed by atoms with Gasteiger partial charge < -0.3 is 15.0 Å². The highest BCUT2D eigenvalue weighted by molar-refractivity contribution is 7.88. The van der Waals surface area contributed by atoms with Crippen molar-refractivity contribution in [3.63, 3.8) is 0 Å². The summed E-state index contributed by atoms with van der Waals surface area (Å²) in [7, 11) is -1.55. The molecule has 2 atom stereocenters. The van der Waals surface area contributed by atoms with Gasteiger partial charge in [0.15, 0.2) is 0 Å². The number of sulfonamides is 1. The molecule has 2 saturated heterocycles. The molecule has 3 aromatic carbocycles. The van der Waals surface area contributed by atoms with Crippen molar-refractivity contribution in [2.75, 3.05) is 39.5 Å². The number of carbonyl (C=O) groups excluding carboxylic acids is 1. The highest BCUT2D eigenvalue weighted by atomic mass is 32.2. The monoisotopic (exact) mass is 586 g/mol. The van der Waals surface area contributed by atoms with Crippen LogP contribution in [0.25, 0.3) is 11.1 Å². The first-order chi connectivity index (χ1) is 20.3. The Hall–Kier alpha value is -3.71. The Morgan fingerprint density at radius 3 is 2.31 bits per heavy atom. The van der Waals surface area contributed by atoms with E-state index in [-0.39, 0.29) is 23.8 Å². The Morgan fingerprint density at radius 2 is 1.67 bits per heavy atom. The highest BCUT2D eigenvalue weighted by Gasteiger charge is 2.36. The number of hydrogen-bond donors (Lipinski definition) is 1. The summed E-state index contributed by atoms with van der Waals surface area (Å²) < 4.78 is 31.0. The van der Waals surface area contributed by atoms with Gasteiger partial charge in [0.05, 0.1) is 25.0 Å². The number of likely N-dealkylation sites (tertiary alicyclic amines) is 1. The van der Waals surface area contributed by atoms with Crippen LogP contribution < -0.4 is 10.1 Å². The maximum atomic E-state index is 13.6. The summed E-state index contributed by atoms with van der Waals surface area (Å²) in [5, 5.41) is 12.9. The number of benzene rings is 3. The minimum Gasteiger partial charge on any atom is -0.496 e. The van der Waals surface area contributed by atoms with Gasteiger partial charge >= 0.3 is 0 Å². The van der Waals surface area contributed by atoms with Crippen LogP contribution in [-0.4, -0.2) is 69.1 Å². The lowest BCUT2D eigenvalue weighted by atomic mass is 9.84. The first kappa shape index (κ1) is 29.8. The molecular formula is C33H38N4O4S. The van der Waals surface area contributed by atoms with Crippen molar-refractivity contribution < 1.29 is 17.9 Å². The third-order valence-electron chi connectivity index (χ3n) is 8.61. The fourth-order valence-electron chi connectivity index (χ4n) is 6.20. The average Bonchev–Trinajstić information content (AvgIpc) is 3.03. The largest absolute Gasteiger partial charge is 0.496 e. The summed E-state index contributed by atoms with van der Waals surface area (Å²) in [4.78, 5) is 15.6. The van der Waals surface area contributed by atoms with Crippen molar-refractivity contribution in [3.05, 3.63) is 89.5 Å². The molecule has 2 aliphatic rings. The summed E-state index contributed by atoms with van der Waals surface area (Å²) in [6.45, 7) is 2.69. The van der Waals surface area contributed by atoms with Crippen molar-refractivity contribution in [3.8, 4) is 22.9 Å². The highest BCUT2D eigenvalue weighted by Crippen LogP contribution is 2.32. The Labute approximate surface area is 249 Å². The molecule has 0 spiro atoms. The van der Waals surface area contributed by atoms with Crippen LogP contribution in [0.1, 0.15) is 41.9 Å². The van der Waals surface area contributed by atoms with Crippen LogP contribution in [0.3, 0.4) is 0 Å². The van der Waals surface area contributed by atoms with E-state index in [0.29, 0.717) is 51.1 Å². The molecule has 42 heavy (non-hydrogen) atoms. The quantitative estimate of drug-likeness (QED) is 0.420. The van der Waals surface area contributed by atoms with Gasteiger partial charge in [0, 0.05) is 56.2 Å². The minimum absolute atomic E-state index is 0.118. The van der Waals surface area contributed by atoms with E-state index < -0.39 is 10.0 Å². The van der Waals surface area contributed by atoms with Gasteiger partial charge in [-0.3, -0.25) is 4.79 Å². The second kappa shape index (κ2) is 13.1. The molecule has 8 nitrogen and oxygen atoms in total. The van der Waals surface area contributed by atoms with E-state index in [4.69, 9.17) is 10.00 Å². The number of rotatable bonds is 8. The van der Waals surface area contributed by atoms with E-state index in [1.54, 1.807) is 7.11 Å². The number of methoxy groups -OCH3 is 1. The molecule has 2 heterocycles. The average molecular weight is 587 g/mol. The van der Waals surface area contributed by atoms with Gasteiger partial charge in [0.1, 0.15) is 5.75 Å². The topological polar surface area (TPSA) is 103 Å². The van der Waals surface area contributed by atoms with Crippen LogP contribution in [0.2, 0.25) is 0 Å². The lowest BCUT2D eigenvalue weighted by molar-refractivity contribution is -0.138. The van der Waals surface area contributed by atoms with Gasteiger partial charge in [-0.05, 0) is 60.2 Å². The third-order valence-corrected chi connectivity index (χ3v) is 9.91. The molecular weight excluding hydrogens is 548 g/mol. The van der Waals surface area contributed by atoms with Crippen molar-refractivity contribution in [2.24, 2.45) is 5.92 Å². The fraction of sp³-hybridized carbons (Fsp3) is 0.394. The predicted octanol–water partition coefficient (Wildman–Crippen LogP) is 4.38. The normalized spacial score (nSPS) is 20.2. The van der Waals surface area contributed by atoms with E-state index in [1.165, 1.54) is 16.1 Å². The van der Waals surface area contributed by atoms with E-state index >= 15 is 0 Å². The fourth-order valence-corrected chi connectivity index (χ4v) is 7.08.